The molecule has 0 aliphatic rings. The third-order valence-electron chi connectivity index (χ3n) is 4.20. The van der Waals surface area contributed by atoms with Crippen LogP contribution < -0.4 is 4.74 Å². The van der Waals surface area contributed by atoms with Gasteiger partial charge in [-0.25, -0.2) is 0 Å². The monoisotopic (exact) mass is 262 g/mol. The highest BCUT2D eigenvalue weighted by Crippen LogP contribution is 2.34. The van der Waals surface area contributed by atoms with Gasteiger partial charge in [-0.05, 0) is 48.3 Å². The third kappa shape index (κ3) is 4.89. The largest absolute Gasteiger partial charge is 0.497 e. The van der Waals surface area contributed by atoms with Crippen LogP contribution in [0.1, 0.15) is 64.9 Å². The highest BCUT2D eigenvalue weighted by atomic mass is 16.5. The lowest BCUT2D eigenvalue weighted by molar-refractivity contribution is 0.337. The molecule has 1 unspecified atom stereocenters. The fraction of sp³-hybridized carbons (Fsp3) is 0.667. The number of hydrogen-bond donors (Lipinski definition) is 0. The molecule has 0 spiro atoms. The highest BCUT2D eigenvalue weighted by Gasteiger charge is 2.19. The third-order valence-corrected chi connectivity index (χ3v) is 4.20. The molecule has 3 atom stereocenters. The van der Waals surface area contributed by atoms with E-state index in [1.807, 2.05) is 6.07 Å². The number of ether oxygens (including phenoxy) is 1. The van der Waals surface area contributed by atoms with E-state index in [-0.39, 0.29) is 0 Å². The minimum Gasteiger partial charge on any atom is -0.497 e. The molecule has 0 aromatic heterocycles. The summed E-state index contributed by atoms with van der Waals surface area (Å²) in [6, 6.07) is 8.59. The van der Waals surface area contributed by atoms with Crippen molar-refractivity contribution >= 4 is 0 Å². The Kier molecular flexibility index (Phi) is 6.97. The average molecular weight is 262 g/mol. The van der Waals surface area contributed by atoms with Gasteiger partial charge in [0.2, 0.25) is 0 Å². The summed E-state index contributed by atoms with van der Waals surface area (Å²) >= 11 is 0. The second kappa shape index (κ2) is 8.24. The lowest BCUT2D eigenvalue weighted by Crippen LogP contribution is -2.13. The van der Waals surface area contributed by atoms with E-state index in [1.54, 1.807) is 7.11 Å². The van der Waals surface area contributed by atoms with Crippen molar-refractivity contribution in [3.63, 3.8) is 0 Å². The van der Waals surface area contributed by atoms with Gasteiger partial charge in [0.05, 0.1) is 7.11 Å². The molecule has 0 fully saturated rings. The van der Waals surface area contributed by atoms with E-state index in [0.29, 0.717) is 5.92 Å². The van der Waals surface area contributed by atoms with E-state index >= 15 is 0 Å². The molecule has 0 amide bonds. The van der Waals surface area contributed by atoms with Crippen molar-refractivity contribution in [1.82, 2.24) is 0 Å². The van der Waals surface area contributed by atoms with Crippen molar-refractivity contribution in [3.8, 4) is 5.75 Å². The topological polar surface area (TPSA) is 9.23 Å². The molecule has 0 bridgehead atoms. The van der Waals surface area contributed by atoms with Gasteiger partial charge in [0.25, 0.3) is 0 Å². The Balaban J connectivity index is 2.75. The summed E-state index contributed by atoms with van der Waals surface area (Å²) in [5.74, 6) is 3.19. The SMILES string of the molecule is CCCC(C)C[C@H](C)[C@@H](CC)c1cccc(OC)c1. The Morgan fingerprint density at radius 1 is 1.16 bits per heavy atom. The van der Waals surface area contributed by atoms with E-state index in [0.717, 1.165) is 17.6 Å². The van der Waals surface area contributed by atoms with Crippen molar-refractivity contribution in [2.24, 2.45) is 11.8 Å². The summed E-state index contributed by atoms with van der Waals surface area (Å²) < 4.78 is 5.35. The van der Waals surface area contributed by atoms with E-state index in [2.05, 4.69) is 45.9 Å². The van der Waals surface area contributed by atoms with Gasteiger partial charge in [-0.2, -0.15) is 0 Å². The first-order valence-electron chi connectivity index (χ1n) is 7.76. The Labute approximate surface area is 119 Å². The molecular weight excluding hydrogens is 232 g/mol. The van der Waals surface area contributed by atoms with Gasteiger partial charge in [0, 0.05) is 0 Å². The van der Waals surface area contributed by atoms with Crippen LogP contribution in [0, 0.1) is 11.8 Å². The van der Waals surface area contributed by atoms with Crippen LogP contribution in [-0.4, -0.2) is 7.11 Å². The van der Waals surface area contributed by atoms with Crippen LogP contribution in [0.15, 0.2) is 24.3 Å². The first-order chi connectivity index (χ1) is 9.12. The van der Waals surface area contributed by atoms with Crippen LogP contribution >= 0.6 is 0 Å². The second-order valence-electron chi connectivity index (χ2n) is 5.90. The lowest BCUT2D eigenvalue weighted by Gasteiger charge is -2.26. The first-order valence-corrected chi connectivity index (χ1v) is 7.76. The fourth-order valence-electron chi connectivity index (χ4n) is 3.25. The van der Waals surface area contributed by atoms with E-state index in [4.69, 9.17) is 4.74 Å². The zero-order valence-corrected chi connectivity index (χ0v) is 13.3. The van der Waals surface area contributed by atoms with Crippen LogP contribution in [-0.2, 0) is 0 Å². The molecule has 1 heteroatoms. The van der Waals surface area contributed by atoms with Crippen LogP contribution in [0.5, 0.6) is 5.75 Å². The Bertz CT molecular complexity index is 358. The zero-order chi connectivity index (χ0) is 14.3. The van der Waals surface area contributed by atoms with Gasteiger partial charge in [-0.1, -0.05) is 52.7 Å². The zero-order valence-electron chi connectivity index (χ0n) is 13.3. The van der Waals surface area contributed by atoms with Crippen molar-refractivity contribution in [1.29, 1.82) is 0 Å². The van der Waals surface area contributed by atoms with E-state index in [9.17, 15) is 0 Å². The molecule has 0 saturated heterocycles. The maximum Gasteiger partial charge on any atom is 0.119 e. The maximum atomic E-state index is 5.35. The van der Waals surface area contributed by atoms with Crippen molar-refractivity contribution in [3.05, 3.63) is 29.8 Å². The second-order valence-corrected chi connectivity index (χ2v) is 5.90. The molecule has 0 heterocycles. The summed E-state index contributed by atoms with van der Waals surface area (Å²) in [7, 11) is 1.74. The number of rotatable bonds is 8. The number of benzene rings is 1. The Morgan fingerprint density at radius 3 is 2.47 bits per heavy atom. The first kappa shape index (κ1) is 16.1. The number of methoxy groups -OCH3 is 1. The van der Waals surface area contributed by atoms with Crippen LogP contribution in [0.25, 0.3) is 0 Å². The van der Waals surface area contributed by atoms with Crippen molar-refractivity contribution < 1.29 is 4.74 Å². The molecule has 0 aliphatic heterocycles. The van der Waals surface area contributed by atoms with E-state index < -0.39 is 0 Å². The molecule has 1 nitrogen and oxygen atoms in total. The van der Waals surface area contributed by atoms with Gasteiger partial charge < -0.3 is 4.74 Å². The summed E-state index contributed by atoms with van der Waals surface area (Å²) in [4.78, 5) is 0. The van der Waals surface area contributed by atoms with Crippen LogP contribution in [0.3, 0.4) is 0 Å². The molecule has 1 aromatic rings. The smallest absolute Gasteiger partial charge is 0.119 e. The highest BCUT2D eigenvalue weighted by molar-refractivity contribution is 5.31. The molecule has 0 N–H and O–H groups in total. The predicted molar refractivity (Wildman–Crippen MR) is 83.9 cm³/mol. The quantitative estimate of drug-likeness (QED) is 0.588. The number of hydrogen-bond acceptors (Lipinski definition) is 1. The Morgan fingerprint density at radius 2 is 1.89 bits per heavy atom. The summed E-state index contributed by atoms with van der Waals surface area (Å²) in [5.41, 5.74) is 1.43. The summed E-state index contributed by atoms with van der Waals surface area (Å²) in [6.45, 7) is 9.36. The van der Waals surface area contributed by atoms with Crippen molar-refractivity contribution in [2.75, 3.05) is 7.11 Å². The predicted octanol–water partition coefficient (Wildman–Crippen LogP) is 5.65. The fourth-order valence-corrected chi connectivity index (χ4v) is 3.25. The molecular formula is C18H30O. The molecule has 1 rings (SSSR count). The van der Waals surface area contributed by atoms with Gasteiger partial charge in [0.15, 0.2) is 0 Å². The van der Waals surface area contributed by atoms with E-state index in [1.165, 1.54) is 31.2 Å². The summed E-state index contributed by atoms with van der Waals surface area (Å²) in [5, 5.41) is 0. The minimum atomic E-state index is 0.648. The summed E-state index contributed by atoms with van der Waals surface area (Å²) in [6.07, 6.45) is 5.17. The lowest BCUT2D eigenvalue weighted by atomic mass is 9.79. The Hall–Kier alpha value is -0.980. The normalized spacial score (nSPS) is 15.8. The average Bonchev–Trinajstić information content (AvgIpc) is 2.40. The standard InChI is InChI=1S/C18H30O/c1-6-9-14(3)12-15(4)18(7-2)16-10-8-11-17(13-16)19-5/h8,10-11,13-15,18H,6-7,9,12H2,1-5H3/t14?,15-,18+/m0/s1. The van der Waals surface area contributed by atoms with Crippen molar-refractivity contribution in [2.45, 2.75) is 59.3 Å². The van der Waals surface area contributed by atoms with Gasteiger partial charge in [-0.3, -0.25) is 0 Å². The van der Waals surface area contributed by atoms with Gasteiger partial charge >= 0.3 is 0 Å². The maximum absolute atomic E-state index is 5.35. The molecule has 0 aliphatic carbocycles. The molecule has 0 saturated carbocycles. The molecule has 0 radical (unpaired) electrons. The van der Waals surface area contributed by atoms with Crippen LogP contribution in [0.4, 0.5) is 0 Å². The minimum absolute atomic E-state index is 0.648. The van der Waals surface area contributed by atoms with Gasteiger partial charge in [0.1, 0.15) is 5.75 Å². The van der Waals surface area contributed by atoms with Gasteiger partial charge in [-0.15, -0.1) is 0 Å². The molecule has 19 heavy (non-hydrogen) atoms. The molecule has 1 aromatic carbocycles. The molecule has 108 valence electrons. The van der Waals surface area contributed by atoms with Crippen LogP contribution in [0.2, 0.25) is 0 Å².